The summed E-state index contributed by atoms with van der Waals surface area (Å²) in [4.78, 5) is 24.6. The monoisotopic (exact) mass is 365 g/mol. The van der Waals surface area contributed by atoms with Crippen molar-refractivity contribution in [3.05, 3.63) is 29.8 Å². The summed E-state index contributed by atoms with van der Waals surface area (Å²) >= 11 is 0. The number of carbonyl (C=O) groups excluding carboxylic acids is 2. The molecule has 1 heterocycles. The van der Waals surface area contributed by atoms with Gasteiger partial charge >= 0.3 is 5.97 Å². The largest absolute Gasteiger partial charge is 0.507 e. The van der Waals surface area contributed by atoms with Gasteiger partial charge in [-0.05, 0) is 13.3 Å². The minimum atomic E-state index is -1.12. The van der Waals surface area contributed by atoms with Gasteiger partial charge in [0.15, 0.2) is 0 Å². The van der Waals surface area contributed by atoms with E-state index >= 15 is 0 Å². The molecular weight excluding hydrogens is 342 g/mol. The van der Waals surface area contributed by atoms with Gasteiger partial charge in [-0.3, -0.25) is 4.79 Å². The summed E-state index contributed by atoms with van der Waals surface area (Å²) in [5, 5.41) is 32.5. The Bertz CT molecular complexity index is 701. The zero-order valence-corrected chi connectivity index (χ0v) is 14.6. The van der Waals surface area contributed by atoms with E-state index in [4.69, 9.17) is 9.47 Å². The third-order valence-corrected chi connectivity index (χ3v) is 3.98. The van der Waals surface area contributed by atoms with Crippen LogP contribution >= 0.6 is 0 Å². The Kier molecular flexibility index (Phi) is 6.59. The van der Waals surface area contributed by atoms with E-state index < -0.39 is 30.2 Å². The first-order chi connectivity index (χ1) is 12.3. The predicted molar refractivity (Wildman–Crippen MR) is 93.2 cm³/mol. The first-order valence-electron chi connectivity index (χ1n) is 8.26. The topological polar surface area (TPSA) is 125 Å². The van der Waals surface area contributed by atoms with Crippen LogP contribution < -0.4 is 10.1 Å². The molecule has 1 aliphatic rings. The highest BCUT2D eigenvalue weighted by molar-refractivity contribution is 6.03. The van der Waals surface area contributed by atoms with Crippen LogP contribution in [0.5, 0.6) is 11.5 Å². The van der Waals surface area contributed by atoms with Gasteiger partial charge in [-0.25, -0.2) is 4.79 Å². The number of aliphatic hydroxyl groups is 2. The normalized spacial score (nSPS) is 24.8. The molecule has 0 unspecified atom stereocenters. The van der Waals surface area contributed by atoms with Crippen LogP contribution in [-0.2, 0) is 9.53 Å². The molecule has 1 amide bonds. The molecule has 4 N–H and O–H groups in total. The van der Waals surface area contributed by atoms with E-state index in [0.717, 1.165) is 0 Å². The minimum absolute atomic E-state index is 0.0304. The molecule has 0 aliphatic carbocycles. The lowest BCUT2D eigenvalue weighted by Gasteiger charge is -2.19. The number of aromatic hydroxyl groups is 1. The Morgan fingerprint density at radius 2 is 2.00 bits per heavy atom. The van der Waals surface area contributed by atoms with Crippen LogP contribution in [-0.4, -0.2) is 52.6 Å². The molecule has 142 valence electrons. The molecule has 8 nitrogen and oxygen atoms in total. The number of amides is 1. The van der Waals surface area contributed by atoms with Crippen LogP contribution in [0.1, 0.15) is 36.5 Å². The van der Waals surface area contributed by atoms with Gasteiger partial charge in [0.05, 0.1) is 25.0 Å². The number of carbonyl (C=O) groups is 2. The Morgan fingerprint density at radius 1 is 1.27 bits per heavy atom. The van der Waals surface area contributed by atoms with E-state index in [0.29, 0.717) is 6.42 Å². The summed E-state index contributed by atoms with van der Waals surface area (Å²) in [6.45, 7) is 1.65. The number of rotatable bonds is 1. The highest BCUT2D eigenvalue weighted by Crippen LogP contribution is 2.33. The molecule has 1 aliphatic heterocycles. The van der Waals surface area contributed by atoms with Crippen LogP contribution in [0.25, 0.3) is 0 Å². The molecule has 1 aromatic carbocycles. The van der Waals surface area contributed by atoms with Gasteiger partial charge in [0.1, 0.15) is 23.2 Å². The third-order valence-electron chi connectivity index (χ3n) is 3.98. The molecule has 3 atom stereocenters. The number of fused-ring (bicyclic) bond motifs is 1. The summed E-state index contributed by atoms with van der Waals surface area (Å²) < 4.78 is 10.3. The van der Waals surface area contributed by atoms with Crippen molar-refractivity contribution in [2.45, 2.75) is 44.5 Å². The number of hydrogen-bond donors (Lipinski definition) is 4. The van der Waals surface area contributed by atoms with E-state index in [9.17, 15) is 24.9 Å². The van der Waals surface area contributed by atoms with Gasteiger partial charge in [0.2, 0.25) is 5.91 Å². The van der Waals surface area contributed by atoms with Crippen LogP contribution in [0.15, 0.2) is 24.3 Å². The third kappa shape index (κ3) is 4.96. The van der Waals surface area contributed by atoms with E-state index in [-0.39, 0.29) is 35.6 Å². The van der Waals surface area contributed by atoms with Crippen molar-refractivity contribution in [1.29, 1.82) is 0 Å². The molecule has 8 heteroatoms. The second-order valence-electron chi connectivity index (χ2n) is 6.09. The smallest absolute Gasteiger partial charge is 0.344 e. The zero-order chi connectivity index (χ0) is 19.3. The molecule has 1 aromatic rings. The lowest BCUT2D eigenvalue weighted by molar-refractivity contribution is -0.117. The summed E-state index contributed by atoms with van der Waals surface area (Å²) in [6, 6.07) is 2.65. The van der Waals surface area contributed by atoms with E-state index in [2.05, 4.69) is 5.32 Å². The van der Waals surface area contributed by atoms with Crippen LogP contribution in [0, 0.1) is 0 Å². The average molecular weight is 365 g/mol. The van der Waals surface area contributed by atoms with Crippen molar-refractivity contribution >= 4 is 17.6 Å². The zero-order valence-electron chi connectivity index (χ0n) is 14.6. The van der Waals surface area contributed by atoms with Crippen molar-refractivity contribution in [2.24, 2.45) is 0 Å². The lowest BCUT2D eigenvalue weighted by atomic mass is 10.1. The Morgan fingerprint density at radius 3 is 2.69 bits per heavy atom. The van der Waals surface area contributed by atoms with E-state index in [1.807, 2.05) is 0 Å². The standard InChI is InChI=1S/C18H23NO7/c1-10-4-3-5-13(20)14(21)6-7-16(23)19-12-8-11(25-2)9-15(22)17(12)18(24)26-10/h3,5,8-10,13-14,20-22H,4,6-7H2,1-2H3,(H,19,23)/t10-,13+,14-/m0/s1. The summed E-state index contributed by atoms with van der Waals surface area (Å²) in [6.07, 6.45) is 0.477. The maximum atomic E-state index is 12.4. The van der Waals surface area contributed by atoms with Gasteiger partial charge in [-0.2, -0.15) is 0 Å². The van der Waals surface area contributed by atoms with Crippen molar-refractivity contribution in [2.75, 3.05) is 12.4 Å². The van der Waals surface area contributed by atoms with Gasteiger partial charge in [0, 0.05) is 25.0 Å². The van der Waals surface area contributed by atoms with Crippen LogP contribution in [0.2, 0.25) is 0 Å². The van der Waals surface area contributed by atoms with Crippen molar-refractivity contribution < 1.29 is 34.4 Å². The van der Waals surface area contributed by atoms with Crippen LogP contribution in [0.4, 0.5) is 5.69 Å². The fraction of sp³-hybridized carbons (Fsp3) is 0.444. The quantitative estimate of drug-likeness (QED) is 0.437. The number of benzene rings is 1. The van der Waals surface area contributed by atoms with E-state index in [1.54, 1.807) is 13.0 Å². The number of phenolic OH excluding ortho intramolecular Hbond substituents is 1. The van der Waals surface area contributed by atoms with Gasteiger partial charge in [-0.15, -0.1) is 0 Å². The molecule has 0 fully saturated rings. The van der Waals surface area contributed by atoms with Crippen molar-refractivity contribution in [3.8, 4) is 11.5 Å². The number of aliphatic hydroxyl groups excluding tert-OH is 2. The highest BCUT2D eigenvalue weighted by Gasteiger charge is 2.24. The Labute approximate surface area is 151 Å². The molecule has 0 saturated carbocycles. The van der Waals surface area contributed by atoms with Gasteiger partial charge in [-0.1, -0.05) is 12.2 Å². The number of methoxy groups -OCH3 is 1. The minimum Gasteiger partial charge on any atom is -0.507 e. The fourth-order valence-corrected chi connectivity index (χ4v) is 2.52. The molecule has 2 rings (SSSR count). The molecular formula is C18H23NO7. The van der Waals surface area contributed by atoms with Crippen LogP contribution in [0.3, 0.4) is 0 Å². The van der Waals surface area contributed by atoms with E-state index in [1.165, 1.54) is 25.3 Å². The second-order valence-corrected chi connectivity index (χ2v) is 6.09. The second kappa shape index (κ2) is 8.68. The number of anilines is 1. The first-order valence-corrected chi connectivity index (χ1v) is 8.26. The Balaban J connectivity index is 2.39. The highest BCUT2D eigenvalue weighted by atomic mass is 16.5. The number of cyclic esters (lactones) is 1. The lowest BCUT2D eigenvalue weighted by Crippen LogP contribution is -2.26. The van der Waals surface area contributed by atoms with Gasteiger partial charge < -0.3 is 30.1 Å². The Hall–Kier alpha value is -2.58. The van der Waals surface area contributed by atoms with Gasteiger partial charge in [0.25, 0.3) is 0 Å². The van der Waals surface area contributed by atoms with Crippen molar-refractivity contribution in [3.63, 3.8) is 0 Å². The fourth-order valence-electron chi connectivity index (χ4n) is 2.52. The molecule has 0 aromatic heterocycles. The van der Waals surface area contributed by atoms with Crippen molar-refractivity contribution in [1.82, 2.24) is 0 Å². The number of phenols is 1. The maximum absolute atomic E-state index is 12.4. The number of ether oxygens (including phenoxy) is 2. The predicted octanol–water partition coefficient (Wildman–Crippen LogP) is 1.35. The molecule has 0 saturated heterocycles. The SMILES string of the molecule is COc1cc(O)c2c(c1)NC(=O)CC[C@H](O)[C@H](O)C=CC[C@H](C)OC2=O. The summed E-state index contributed by atoms with van der Waals surface area (Å²) in [5.41, 5.74) is -0.126. The first kappa shape index (κ1) is 19.7. The number of nitrogens with one attached hydrogen (secondary N) is 1. The average Bonchev–Trinajstić information content (AvgIpc) is 2.58. The molecule has 0 radical (unpaired) electrons. The molecule has 0 bridgehead atoms. The summed E-state index contributed by atoms with van der Waals surface area (Å²) in [7, 11) is 1.39. The molecule has 0 spiro atoms. The number of esters is 1. The maximum Gasteiger partial charge on any atom is 0.344 e. The summed E-state index contributed by atoms with van der Waals surface area (Å²) in [5.74, 6) is -1.41. The number of hydrogen-bond acceptors (Lipinski definition) is 7. The molecule has 26 heavy (non-hydrogen) atoms.